The van der Waals surface area contributed by atoms with Gasteiger partial charge in [-0.2, -0.15) is 0 Å². The first-order chi connectivity index (χ1) is 15.9. The maximum atomic E-state index is 13.5. The highest BCUT2D eigenvalue weighted by Gasteiger charge is 2.34. The lowest BCUT2D eigenvalue weighted by molar-refractivity contribution is -0.384. The largest absolute Gasteiger partial charge is 0.282 e. The SMILES string of the molecule is Cc1ccc(N2C(=O)/C(=C\c3ccc([N+](=O)[O-])cc3)N=C2c2sc3ccccc3c2Cl)cc1. The first-order valence-electron chi connectivity index (χ1n) is 10.1. The fourth-order valence-corrected chi connectivity index (χ4v) is 5.11. The average Bonchev–Trinajstić information content (AvgIpc) is 3.32. The number of carbonyl (C=O) groups is 1. The van der Waals surface area contributed by atoms with Crippen LogP contribution in [-0.4, -0.2) is 16.7 Å². The van der Waals surface area contributed by atoms with Gasteiger partial charge in [0, 0.05) is 22.2 Å². The second kappa shape index (κ2) is 8.27. The van der Waals surface area contributed by atoms with Gasteiger partial charge in [0.2, 0.25) is 0 Å². The van der Waals surface area contributed by atoms with Gasteiger partial charge in [-0.3, -0.25) is 19.8 Å². The number of halogens is 1. The van der Waals surface area contributed by atoms with Crippen LogP contribution < -0.4 is 4.90 Å². The molecule has 0 bridgehead atoms. The van der Waals surface area contributed by atoms with Gasteiger partial charge in [-0.05, 0) is 48.9 Å². The summed E-state index contributed by atoms with van der Waals surface area (Å²) in [5, 5.41) is 12.4. The molecule has 1 aliphatic rings. The van der Waals surface area contributed by atoms with Gasteiger partial charge in [0.1, 0.15) is 5.70 Å². The Morgan fingerprint density at radius 2 is 1.73 bits per heavy atom. The smallest absolute Gasteiger partial charge is 0.266 e. The molecule has 0 aliphatic carbocycles. The Balaban J connectivity index is 1.64. The molecule has 1 aliphatic heterocycles. The number of nitro benzene ring substituents is 1. The van der Waals surface area contributed by atoms with E-state index in [0.29, 0.717) is 27.0 Å². The zero-order chi connectivity index (χ0) is 23.1. The standard InChI is InChI=1S/C25H16ClN3O3S/c1-15-6-10-17(11-7-15)28-24(23-22(26)19-4-2-3-5-21(19)33-23)27-20(25(28)30)14-16-8-12-18(13-9-16)29(31)32/h2-14H,1H3/b20-14+. The number of rotatable bonds is 4. The Hall–Kier alpha value is -3.81. The van der Waals surface area contributed by atoms with Crippen LogP contribution in [0.2, 0.25) is 5.02 Å². The van der Waals surface area contributed by atoms with Crippen molar-refractivity contribution in [3.63, 3.8) is 0 Å². The molecule has 4 aromatic rings. The van der Waals surface area contributed by atoms with Crippen molar-refractivity contribution < 1.29 is 9.72 Å². The highest BCUT2D eigenvalue weighted by Crippen LogP contribution is 2.39. The van der Waals surface area contributed by atoms with Crippen molar-refractivity contribution in [2.75, 3.05) is 4.90 Å². The molecule has 162 valence electrons. The summed E-state index contributed by atoms with van der Waals surface area (Å²) >= 11 is 8.21. The normalized spacial score (nSPS) is 14.8. The van der Waals surface area contributed by atoms with Gasteiger partial charge >= 0.3 is 0 Å². The third-order valence-electron chi connectivity index (χ3n) is 5.30. The van der Waals surface area contributed by atoms with Crippen molar-refractivity contribution in [3.05, 3.63) is 110 Å². The second-order valence-electron chi connectivity index (χ2n) is 7.53. The molecule has 8 heteroatoms. The molecule has 6 nitrogen and oxygen atoms in total. The van der Waals surface area contributed by atoms with E-state index in [4.69, 9.17) is 11.6 Å². The van der Waals surface area contributed by atoms with Gasteiger partial charge in [-0.25, -0.2) is 4.99 Å². The van der Waals surface area contributed by atoms with Crippen LogP contribution in [0.3, 0.4) is 0 Å². The van der Waals surface area contributed by atoms with Gasteiger partial charge in [-0.15, -0.1) is 11.3 Å². The van der Waals surface area contributed by atoms with E-state index in [9.17, 15) is 14.9 Å². The number of amidine groups is 1. The molecule has 2 heterocycles. The summed E-state index contributed by atoms with van der Waals surface area (Å²) in [5.74, 6) is 0.170. The number of nitrogens with zero attached hydrogens (tertiary/aromatic N) is 3. The Kier molecular flexibility index (Phi) is 5.28. The summed E-state index contributed by atoms with van der Waals surface area (Å²) in [6, 6.07) is 21.4. The number of benzene rings is 3. The minimum absolute atomic E-state index is 0.0163. The second-order valence-corrected chi connectivity index (χ2v) is 8.96. The van der Waals surface area contributed by atoms with E-state index >= 15 is 0 Å². The summed E-state index contributed by atoms with van der Waals surface area (Å²) in [5.41, 5.74) is 2.61. The first kappa shape index (κ1) is 21.1. The van der Waals surface area contributed by atoms with Gasteiger partial charge in [0.15, 0.2) is 5.84 Å². The molecule has 3 aromatic carbocycles. The van der Waals surface area contributed by atoms with E-state index in [1.54, 1.807) is 23.1 Å². The Labute approximate surface area is 198 Å². The number of aliphatic imine (C=N–C) groups is 1. The van der Waals surface area contributed by atoms with Crippen molar-refractivity contribution in [3.8, 4) is 0 Å². The molecule has 0 N–H and O–H groups in total. The number of anilines is 1. The van der Waals surface area contributed by atoms with Gasteiger partial charge < -0.3 is 0 Å². The number of thiophene rings is 1. The fraction of sp³-hybridized carbons (Fsp3) is 0.0400. The number of hydrogen-bond acceptors (Lipinski definition) is 5. The van der Waals surface area contributed by atoms with E-state index < -0.39 is 4.92 Å². The summed E-state index contributed by atoms with van der Waals surface area (Å²) in [7, 11) is 0. The molecular formula is C25H16ClN3O3S. The predicted molar refractivity (Wildman–Crippen MR) is 133 cm³/mol. The van der Waals surface area contributed by atoms with E-state index in [0.717, 1.165) is 15.6 Å². The molecule has 0 unspecified atom stereocenters. The lowest BCUT2D eigenvalue weighted by atomic mass is 10.1. The molecule has 33 heavy (non-hydrogen) atoms. The third kappa shape index (κ3) is 3.82. The molecule has 0 saturated heterocycles. The van der Waals surface area contributed by atoms with E-state index in [1.165, 1.54) is 23.5 Å². The first-order valence-corrected chi connectivity index (χ1v) is 11.3. The predicted octanol–water partition coefficient (Wildman–Crippen LogP) is 6.61. The summed E-state index contributed by atoms with van der Waals surface area (Å²) < 4.78 is 1.00. The number of hydrogen-bond donors (Lipinski definition) is 0. The van der Waals surface area contributed by atoms with Crippen LogP contribution in [0.1, 0.15) is 16.0 Å². The Morgan fingerprint density at radius 3 is 2.39 bits per heavy atom. The zero-order valence-corrected chi connectivity index (χ0v) is 18.9. The van der Waals surface area contributed by atoms with Gasteiger partial charge in [0.05, 0.1) is 20.5 Å². The van der Waals surface area contributed by atoms with E-state index in [-0.39, 0.29) is 17.3 Å². The number of non-ortho nitro benzene ring substituents is 1. The topological polar surface area (TPSA) is 75.8 Å². The number of carbonyl (C=O) groups excluding carboxylic acids is 1. The average molecular weight is 474 g/mol. The van der Waals surface area contributed by atoms with Crippen molar-refractivity contribution in [2.24, 2.45) is 4.99 Å². The summed E-state index contributed by atoms with van der Waals surface area (Å²) in [6.07, 6.45) is 1.63. The van der Waals surface area contributed by atoms with Gasteiger partial charge in [-0.1, -0.05) is 47.5 Å². The molecule has 1 amide bonds. The molecule has 5 rings (SSSR count). The van der Waals surface area contributed by atoms with E-state index in [1.807, 2.05) is 55.5 Å². The van der Waals surface area contributed by atoms with Crippen molar-refractivity contribution in [1.82, 2.24) is 0 Å². The number of aryl methyl sites for hydroxylation is 1. The molecule has 0 atom stereocenters. The fourth-order valence-electron chi connectivity index (χ4n) is 3.61. The summed E-state index contributed by atoms with van der Waals surface area (Å²) in [4.78, 5) is 30.9. The molecule has 0 spiro atoms. The van der Waals surface area contributed by atoms with Crippen LogP contribution in [0.15, 0.2) is 83.5 Å². The molecule has 1 aromatic heterocycles. The van der Waals surface area contributed by atoms with Crippen LogP contribution in [0.5, 0.6) is 0 Å². The van der Waals surface area contributed by atoms with Gasteiger partial charge in [0.25, 0.3) is 11.6 Å². The van der Waals surface area contributed by atoms with Crippen molar-refractivity contribution >= 4 is 62.2 Å². The Morgan fingerprint density at radius 1 is 1.03 bits per heavy atom. The molecule has 0 fully saturated rings. The molecular weight excluding hydrogens is 458 g/mol. The van der Waals surface area contributed by atoms with Crippen LogP contribution in [0.4, 0.5) is 11.4 Å². The number of fused-ring (bicyclic) bond motifs is 1. The quantitative estimate of drug-likeness (QED) is 0.190. The van der Waals surface area contributed by atoms with Crippen LogP contribution in [-0.2, 0) is 4.79 Å². The minimum Gasteiger partial charge on any atom is -0.266 e. The zero-order valence-electron chi connectivity index (χ0n) is 17.4. The maximum absolute atomic E-state index is 13.5. The van der Waals surface area contributed by atoms with Crippen LogP contribution in [0.25, 0.3) is 16.2 Å². The van der Waals surface area contributed by atoms with Crippen molar-refractivity contribution in [1.29, 1.82) is 0 Å². The van der Waals surface area contributed by atoms with E-state index in [2.05, 4.69) is 4.99 Å². The highest BCUT2D eigenvalue weighted by atomic mass is 35.5. The maximum Gasteiger partial charge on any atom is 0.282 e. The molecule has 0 radical (unpaired) electrons. The molecule has 0 saturated carbocycles. The Bertz CT molecular complexity index is 1470. The third-order valence-corrected chi connectivity index (χ3v) is 6.97. The number of amides is 1. The van der Waals surface area contributed by atoms with Crippen LogP contribution in [0, 0.1) is 17.0 Å². The highest BCUT2D eigenvalue weighted by molar-refractivity contribution is 7.21. The monoisotopic (exact) mass is 473 g/mol. The lowest BCUT2D eigenvalue weighted by Gasteiger charge is -2.18. The lowest BCUT2D eigenvalue weighted by Crippen LogP contribution is -2.32. The van der Waals surface area contributed by atoms with Crippen molar-refractivity contribution in [2.45, 2.75) is 6.92 Å². The van der Waals surface area contributed by atoms with Crippen LogP contribution >= 0.6 is 22.9 Å². The number of nitro groups is 1. The summed E-state index contributed by atoms with van der Waals surface area (Å²) in [6.45, 7) is 1.98. The minimum atomic E-state index is -0.462.